The lowest BCUT2D eigenvalue weighted by Gasteiger charge is -2.09. The molecule has 0 saturated heterocycles. The molecule has 0 aromatic rings. The lowest BCUT2D eigenvalue weighted by atomic mass is 10.0. The summed E-state index contributed by atoms with van der Waals surface area (Å²) in [7, 11) is 0. The molecule has 0 unspecified atom stereocenters. The van der Waals surface area contributed by atoms with Crippen molar-refractivity contribution < 1.29 is 95.1 Å². The third-order valence-corrected chi connectivity index (χ3v) is 10.6. The second-order valence-corrected chi connectivity index (χ2v) is 17.0. The van der Waals surface area contributed by atoms with E-state index in [2.05, 4.69) is 6.92 Å². The Hall–Kier alpha value is -0.800. The summed E-state index contributed by atoms with van der Waals surface area (Å²) in [5, 5.41) is 8.61. The van der Waals surface area contributed by atoms with Gasteiger partial charge in [0.1, 0.15) is 0 Å². The van der Waals surface area contributed by atoms with Crippen LogP contribution < -0.4 is 0 Å². The van der Waals surface area contributed by atoms with Crippen molar-refractivity contribution in [3.05, 3.63) is 0 Å². The second kappa shape index (κ2) is 72.2. The Balaban J connectivity index is 3.07. The number of hydrogen-bond acceptors (Lipinski definition) is 20. The molecule has 0 bridgehead atoms. The van der Waals surface area contributed by atoms with Crippen molar-refractivity contribution in [2.24, 2.45) is 0 Å². The highest BCUT2D eigenvalue weighted by molar-refractivity contribution is 4.50. The van der Waals surface area contributed by atoms with Gasteiger partial charge < -0.3 is 95.1 Å². The molecule has 0 amide bonds. The molecule has 74 heavy (non-hydrogen) atoms. The van der Waals surface area contributed by atoms with Gasteiger partial charge in [0.15, 0.2) is 0 Å². The van der Waals surface area contributed by atoms with Crippen LogP contribution >= 0.6 is 0 Å². The zero-order chi connectivity index (χ0) is 52.9. The van der Waals surface area contributed by atoms with Crippen molar-refractivity contribution in [3.63, 3.8) is 0 Å². The standard InChI is InChI=1S/C54H110O20/c1-2-3-4-5-6-7-8-9-10-11-12-13-14-15-17-56-19-21-58-23-25-60-27-29-62-31-33-64-35-37-66-39-41-68-43-45-70-47-49-72-51-53-74-54-52-73-50-48-71-46-44-69-42-40-67-38-36-65-34-32-63-30-28-61-26-24-59-22-20-57-18-16-55/h55H,2-54H2,1H3. The Bertz CT molecular complexity index is 879. The quantitative estimate of drug-likeness (QED) is 0.0720. The minimum absolute atomic E-state index is 0.0208. The molecule has 0 aliphatic rings. The summed E-state index contributed by atoms with van der Waals surface area (Å²) in [6, 6.07) is 0. The van der Waals surface area contributed by atoms with Gasteiger partial charge in [0.2, 0.25) is 0 Å². The first-order valence-electron chi connectivity index (χ1n) is 28.5. The van der Waals surface area contributed by atoms with Crippen molar-refractivity contribution in [1.82, 2.24) is 0 Å². The molecule has 0 aromatic heterocycles. The van der Waals surface area contributed by atoms with Gasteiger partial charge in [-0.1, -0.05) is 90.4 Å². The van der Waals surface area contributed by atoms with Crippen LogP contribution in [0.5, 0.6) is 0 Å². The topological polar surface area (TPSA) is 196 Å². The van der Waals surface area contributed by atoms with E-state index in [-0.39, 0.29) is 6.61 Å². The van der Waals surface area contributed by atoms with Crippen LogP contribution in [0, 0.1) is 0 Å². The summed E-state index contributed by atoms with van der Waals surface area (Å²) in [4.78, 5) is 0. The van der Waals surface area contributed by atoms with Gasteiger partial charge in [-0.15, -0.1) is 0 Å². The normalized spacial score (nSPS) is 11.8. The maximum absolute atomic E-state index is 8.61. The molecule has 0 radical (unpaired) electrons. The summed E-state index contributed by atoms with van der Waals surface area (Å²) in [5.41, 5.74) is 0. The number of ether oxygens (including phenoxy) is 19. The van der Waals surface area contributed by atoms with E-state index in [1.54, 1.807) is 0 Å². The summed E-state index contributed by atoms with van der Waals surface area (Å²) < 4.78 is 104. The van der Waals surface area contributed by atoms with E-state index >= 15 is 0 Å². The van der Waals surface area contributed by atoms with Crippen LogP contribution in [0.2, 0.25) is 0 Å². The number of aliphatic hydroxyl groups is 1. The van der Waals surface area contributed by atoms with Crippen molar-refractivity contribution in [2.45, 2.75) is 96.8 Å². The van der Waals surface area contributed by atoms with Crippen LogP contribution in [0.3, 0.4) is 0 Å². The van der Waals surface area contributed by atoms with Crippen LogP contribution in [0.4, 0.5) is 0 Å². The molecule has 0 heterocycles. The largest absolute Gasteiger partial charge is 0.394 e. The van der Waals surface area contributed by atoms with E-state index in [9.17, 15) is 0 Å². The number of aliphatic hydroxyl groups excluding tert-OH is 1. The first kappa shape index (κ1) is 73.2. The average Bonchev–Trinajstić information content (AvgIpc) is 3.41. The lowest BCUT2D eigenvalue weighted by Crippen LogP contribution is -2.16. The maximum atomic E-state index is 8.61. The zero-order valence-electron chi connectivity index (χ0n) is 46.7. The van der Waals surface area contributed by atoms with E-state index in [1.165, 1.54) is 83.5 Å². The maximum Gasteiger partial charge on any atom is 0.0701 e. The molecule has 0 atom stereocenters. The first-order chi connectivity index (χ1) is 36.9. The number of unbranched alkanes of at least 4 members (excludes halogenated alkanes) is 13. The van der Waals surface area contributed by atoms with Crippen LogP contribution in [-0.4, -0.2) is 263 Å². The van der Waals surface area contributed by atoms with Gasteiger partial charge in [-0.05, 0) is 6.42 Å². The first-order valence-corrected chi connectivity index (χ1v) is 28.5. The fourth-order valence-electron chi connectivity index (χ4n) is 6.52. The van der Waals surface area contributed by atoms with Gasteiger partial charge in [-0.2, -0.15) is 0 Å². The smallest absolute Gasteiger partial charge is 0.0701 e. The molecular weight excluding hydrogens is 969 g/mol. The Morgan fingerprint density at radius 2 is 0.270 bits per heavy atom. The fourth-order valence-corrected chi connectivity index (χ4v) is 6.52. The molecular formula is C54H110O20. The van der Waals surface area contributed by atoms with Crippen molar-refractivity contribution in [2.75, 3.05) is 258 Å². The Morgan fingerprint density at radius 3 is 0.419 bits per heavy atom. The van der Waals surface area contributed by atoms with Gasteiger partial charge in [0, 0.05) is 6.61 Å². The number of rotatable bonds is 71. The molecule has 0 fully saturated rings. The molecule has 446 valence electrons. The average molecular weight is 1080 g/mol. The molecule has 0 rings (SSSR count). The van der Waals surface area contributed by atoms with Gasteiger partial charge >= 0.3 is 0 Å². The Morgan fingerprint density at radius 1 is 0.149 bits per heavy atom. The van der Waals surface area contributed by atoms with Crippen molar-refractivity contribution in [3.8, 4) is 0 Å². The van der Waals surface area contributed by atoms with E-state index in [4.69, 9.17) is 95.1 Å². The minimum atomic E-state index is 0.0208. The monoisotopic (exact) mass is 1080 g/mol. The summed E-state index contributed by atoms with van der Waals surface area (Å²) in [5.74, 6) is 0. The second-order valence-electron chi connectivity index (χ2n) is 17.0. The predicted molar refractivity (Wildman–Crippen MR) is 283 cm³/mol. The highest BCUT2D eigenvalue weighted by atomic mass is 16.6. The van der Waals surface area contributed by atoms with Crippen molar-refractivity contribution in [1.29, 1.82) is 0 Å². The van der Waals surface area contributed by atoms with Gasteiger partial charge in [0.05, 0.1) is 251 Å². The third kappa shape index (κ3) is 71.2. The molecule has 0 aromatic carbocycles. The van der Waals surface area contributed by atoms with Gasteiger partial charge in [-0.3, -0.25) is 0 Å². The number of hydrogen-bond donors (Lipinski definition) is 1. The van der Waals surface area contributed by atoms with Crippen molar-refractivity contribution >= 4 is 0 Å². The van der Waals surface area contributed by atoms with E-state index in [0.29, 0.717) is 244 Å². The molecule has 0 spiro atoms. The fraction of sp³-hybridized carbons (Fsp3) is 1.00. The molecule has 0 aliphatic carbocycles. The molecule has 20 heteroatoms. The van der Waals surface area contributed by atoms with Gasteiger partial charge in [0.25, 0.3) is 0 Å². The highest BCUT2D eigenvalue weighted by Gasteiger charge is 2.00. The SMILES string of the molecule is CCCCCCCCCCCCCCCCOCCOCCOCCOCCOCCOCCOCCOCCOCCOCCOCCOCCOCCOCCOCCOCCOCCOCCOCCO. The third-order valence-electron chi connectivity index (χ3n) is 10.6. The molecule has 1 N–H and O–H groups in total. The van der Waals surface area contributed by atoms with Gasteiger partial charge in [-0.25, -0.2) is 0 Å². The van der Waals surface area contributed by atoms with E-state index < -0.39 is 0 Å². The molecule has 0 saturated carbocycles. The summed E-state index contributed by atoms with van der Waals surface area (Å²) >= 11 is 0. The van der Waals surface area contributed by atoms with E-state index in [0.717, 1.165) is 13.0 Å². The zero-order valence-corrected chi connectivity index (χ0v) is 46.7. The van der Waals surface area contributed by atoms with Crippen LogP contribution in [0.1, 0.15) is 96.8 Å². The molecule has 20 nitrogen and oxygen atoms in total. The van der Waals surface area contributed by atoms with Crippen LogP contribution in [-0.2, 0) is 90.0 Å². The molecule has 0 aliphatic heterocycles. The Kier molecular flexibility index (Phi) is 71.4. The van der Waals surface area contributed by atoms with Crippen LogP contribution in [0.15, 0.2) is 0 Å². The lowest BCUT2D eigenvalue weighted by molar-refractivity contribution is -0.0313. The Labute approximate surface area is 448 Å². The minimum Gasteiger partial charge on any atom is -0.394 e. The summed E-state index contributed by atoms with van der Waals surface area (Å²) in [6.45, 7) is 21.8. The van der Waals surface area contributed by atoms with E-state index in [1.807, 2.05) is 0 Å². The summed E-state index contributed by atoms with van der Waals surface area (Å²) in [6.07, 6.45) is 19.2. The van der Waals surface area contributed by atoms with Crippen LogP contribution in [0.25, 0.3) is 0 Å². The predicted octanol–water partition coefficient (Wildman–Crippen LogP) is 5.78. The highest BCUT2D eigenvalue weighted by Crippen LogP contribution is 2.13.